The van der Waals surface area contributed by atoms with Crippen molar-refractivity contribution in [3.63, 3.8) is 0 Å². The summed E-state index contributed by atoms with van der Waals surface area (Å²) in [6.07, 6.45) is 2.17. The molecule has 122 valence electrons. The Morgan fingerprint density at radius 1 is 1.32 bits per heavy atom. The van der Waals surface area contributed by atoms with Crippen molar-refractivity contribution in [2.45, 2.75) is 45.3 Å². The zero-order valence-corrected chi connectivity index (χ0v) is 13.4. The van der Waals surface area contributed by atoms with Gasteiger partial charge < -0.3 is 20.1 Å². The van der Waals surface area contributed by atoms with Gasteiger partial charge in [0, 0.05) is 24.5 Å². The van der Waals surface area contributed by atoms with Gasteiger partial charge in [-0.2, -0.15) is 0 Å². The molecule has 2 N–H and O–H groups in total. The highest BCUT2D eigenvalue weighted by atomic mass is 16.5. The van der Waals surface area contributed by atoms with Crippen LogP contribution >= 0.6 is 0 Å². The minimum atomic E-state index is -0.309. The second-order valence-electron chi connectivity index (χ2n) is 5.62. The molecule has 5 nitrogen and oxygen atoms in total. The average Bonchev–Trinajstić information content (AvgIpc) is 2.54. The lowest BCUT2D eigenvalue weighted by atomic mass is 10.1. The van der Waals surface area contributed by atoms with Gasteiger partial charge in [-0.25, -0.2) is 4.79 Å². The summed E-state index contributed by atoms with van der Waals surface area (Å²) >= 11 is 0. The first-order valence-corrected chi connectivity index (χ1v) is 8.10. The number of aliphatic hydroxyl groups excluding tert-OH is 1. The van der Waals surface area contributed by atoms with Gasteiger partial charge in [0.15, 0.2) is 0 Å². The molecule has 1 heterocycles. The Morgan fingerprint density at radius 3 is 2.50 bits per heavy atom. The van der Waals surface area contributed by atoms with Crippen molar-refractivity contribution >= 4 is 17.3 Å². The van der Waals surface area contributed by atoms with Crippen LogP contribution < -0.4 is 10.2 Å². The van der Waals surface area contributed by atoms with E-state index in [0.29, 0.717) is 13.0 Å². The van der Waals surface area contributed by atoms with Crippen molar-refractivity contribution in [3.8, 4) is 0 Å². The highest BCUT2D eigenvalue weighted by molar-refractivity contribution is 5.79. The molecule has 1 aliphatic heterocycles. The molecule has 1 saturated heterocycles. The standard InChI is InChI=1S/C17H26N2O3/c1-3-16(17(21)22-4-2)18-13-5-7-14(8-6-13)19-11-9-15(20)10-12-19/h5-8,15-16,18,20H,3-4,9-12H2,1-2H3. The van der Waals surface area contributed by atoms with Crippen molar-refractivity contribution < 1.29 is 14.6 Å². The third kappa shape index (κ3) is 4.37. The van der Waals surface area contributed by atoms with Gasteiger partial charge in [0.2, 0.25) is 0 Å². The molecule has 0 amide bonds. The third-order valence-corrected chi connectivity index (χ3v) is 4.02. The zero-order valence-electron chi connectivity index (χ0n) is 13.4. The molecule has 2 rings (SSSR count). The first kappa shape index (κ1) is 16.6. The van der Waals surface area contributed by atoms with Crippen LogP contribution in [0.4, 0.5) is 11.4 Å². The summed E-state index contributed by atoms with van der Waals surface area (Å²) in [6.45, 7) is 5.94. The molecule has 1 fully saturated rings. The summed E-state index contributed by atoms with van der Waals surface area (Å²) in [5.74, 6) is -0.209. The average molecular weight is 306 g/mol. The highest BCUT2D eigenvalue weighted by Crippen LogP contribution is 2.22. The number of carbonyl (C=O) groups is 1. The number of piperidine rings is 1. The van der Waals surface area contributed by atoms with E-state index >= 15 is 0 Å². The van der Waals surface area contributed by atoms with Crippen LogP contribution in [0.15, 0.2) is 24.3 Å². The Hall–Kier alpha value is -1.75. The van der Waals surface area contributed by atoms with Gasteiger partial charge >= 0.3 is 5.97 Å². The molecule has 0 radical (unpaired) electrons. The SMILES string of the molecule is CCOC(=O)C(CC)Nc1ccc(N2CCC(O)CC2)cc1. The lowest BCUT2D eigenvalue weighted by Gasteiger charge is -2.31. The number of rotatable bonds is 6. The predicted octanol–water partition coefficient (Wildman–Crippen LogP) is 2.40. The summed E-state index contributed by atoms with van der Waals surface area (Å²) in [5, 5.41) is 12.8. The van der Waals surface area contributed by atoms with E-state index in [2.05, 4.69) is 22.3 Å². The summed E-state index contributed by atoms with van der Waals surface area (Å²) in [4.78, 5) is 14.1. The molecule has 0 aliphatic carbocycles. The van der Waals surface area contributed by atoms with Gasteiger partial charge in [-0.05, 0) is 50.5 Å². The van der Waals surface area contributed by atoms with E-state index in [9.17, 15) is 9.90 Å². The number of benzene rings is 1. The lowest BCUT2D eigenvalue weighted by molar-refractivity contribution is -0.144. The molecule has 1 aromatic rings. The van der Waals surface area contributed by atoms with E-state index in [1.165, 1.54) is 0 Å². The number of esters is 1. The van der Waals surface area contributed by atoms with Crippen molar-refractivity contribution in [1.82, 2.24) is 0 Å². The summed E-state index contributed by atoms with van der Waals surface area (Å²) < 4.78 is 5.06. The van der Waals surface area contributed by atoms with E-state index < -0.39 is 0 Å². The zero-order chi connectivity index (χ0) is 15.9. The number of hydrogen-bond acceptors (Lipinski definition) is 5. The molecule has 0 saturated carbocycles. The van der Waals surface area contributed by atoms with E-state index in [4.69, 9.17) is 4.74 Å². The van der Waals surface area contributed by atoms with Gasteiger partial charge in [0.1, 0.15) is 6.04 Å². The highest BCUT2D eigenvalue weighted by Gasteiger charge is 2.19. The fourth-order valence-electron chi connectivity index (χ4n) is 2.66. The maximum Gasteiger partial charge on any atom is 0.328 e. The van der Waals surface area contributed by atoms with Crippen molar-refractivity contribution in [2.75, 3.05) is 29.9 Å². The minimum Gasteiger partial charge on any atom is -0.464 e. The van der Waals surface area contributed by atoms with Gasteiger partial charge in [-0.1, -0.05) is 6.92 Å². The van der Waals surface area contributed by atoms with Crippen LogP contribution in [-0.4, -0.2) is 42.9 Å². The van der Waals surface area contributed by atoms with E-state index in [-0.39, 0.29) is 18.1 Å². The molecule has 22 heavy (non-hydrogen) atoms. The van der Waals surface area contributed by atoms with Gasteiger partial charge in [0.25, 0.3) is 0 Å². The third-order valence-electron chi connectivity index (χ3n) is 4.02. The smallest absolute Gasteiger partial charge is 0.328 e. The Kier molecular flexibility index (Phi) is 6.07. The van der Waals surface area contributed by atoms with E-state index in [1.54, 1.807) is 0 Å². The molecular formula is C17H26N2O3. The van der Waals surface area contributed by atoms with Gasteiger partial charge in [-0.15, -0.1) is 0 Å². The number of hydrogen-bond donors (Lipinski definition) is 2. The molecule has 1 unspecified atom stereocenters. The Balaban J connectivity index is 1.95. The molecule has 5 heteroatoms. The molecule has 1 aliphatic rings. The molecule has 1 atom stereocenters. The maximum absolute atomic E-state index is 11.8. The van der Waals surface area contributed by atoms with Crippen molar-refractivity contribution in [1.29, 1.82) is 0 Å². The number of aliphatic hydroxyl groups is 1. The van der Waals surface area contributed by atoms with Gasteiger partial charge in [0.05, 0.1) is 12.7 Å². The molecule has 0 bridgehead atoms. The molecule has 0 aromatic heterocycles. The molecule has 0 spiro atoms. The van der Waals surface area contributed by atoms with Gasteiger partial charge in [-0.3, -0.25) is 0 Å². The first-order valence-electron chi connectivity index (χ1n) is 8.10. The van der Waals surface area contributed by atoms with Crippen molar-refractivity contribution in [2.24, 2.45) is 0 Å². The number of anilines is 2. The number of ether oxygens (including phenoxy) is 1. The normalized spacial score (nSPS) is 17.1. The summed E-state index contributed by atoms with van der Waals surface area (Å²) in [6, 6.07) is 7.77. The predicted molar refractivity (Wildman–Crippen MR) is 88.2 cm³/mol. The second kappa shape index (κ2) is 8.03. The fraction of sp³-hybridized carbons (Fsp3) is 0.588. The Labute approximate surface area is 132 Å². The first-order chi connectivity index (χ1) is 10.6. The summed E-state index contributed by atoms with van der Waals surface area (Å²) in [7, 11) is 0. The van der Waals surface area contributed by atoms with Crippen LogP contribution in [-0.2, 0) is 9.53 Å². The summed E-state index contributed by atoms with van der Waals surface area (Å²) in [5.41, 5.74) is 2.07. The number of carbonyl (C=O) groups excluding carboxylic acids is 1. The molecule has 1 aromatic carbocycles. The topological polar surface area (TPSA) is 61.8 Å². The van der Waals surface area contributed by atoms with Crippen LogP contribution in [0, 0.1) is 0 Å². The van der Waals surface area contributed by atoms with Crippen LogP contribution in [0.25, 0.3) is 0 Å². The monoisotopic (exact) mass is 306 g/mol. The van der Waals surface area contributed by atoms with Crippen molar-refractivity contribution in [3.05, 3.63) is 24.3 Å². The number of nitrogens with zero attached hydrogens (tertiary/aromatic N) is 1. The Morgan fingerprint density at radius 2 is 1.95 bits per heavy atom. The maximum atomic E-state index is 11.8. The minimum absolute atomic E-state index is 0.160. The largest absolute Gasteiger partial charge is 0.464 e. The molecular weight excluding hydrogens is 280 g/mol. The van der Waals surface area contributed by atoms with Crippen LogP contribution in [0.2, 0.25) is 0 Å². The van der Waals surface area contributed by atoms with Crippen LogP contribution in [0.3, 0.4) is 0 Å². The van der Waals surface area contributed by atoms with E-state index in [1.807, 2.05) is 26.0 Å². The van der Waals surface area contributed by atoms with Crippen LogP contribution in [0.5, 0.6) is 0 Å². The Bertz CT molecular complexity index is 467. The van der Waals surface area contributed by atoms with E-state index in [0.717, 1.165) is 37.3 Å². The number of nitrogens with one attached hydrogen (secondary N) is 1. The fourth-order valence-corrected chi connectivity index (χ4v) is 2.66. The second-order valence-corrected chi connectivity index (χ2v) is 5.62. The lowest BCUT2D eigenvalue weighted by Crippen LogP contribution is -2.35. The van der Waals surface area contributed by atoms with Crippen LogP contribution in [0.1, 0.15) is 33.1 Å². The quantitative estimate of drug-likeness (QED) is 0.790.